The van der Waals surface area contributed by atoms with Gasteiger partial charge in [-0.15, -0.1) is 0 Å². The van der Waals surface area contributed by atoms with E-state index in [9.17, 15) is 4.79 Å². The van der Waals surface area contributed by atoms with E-state index in [1.165, 1.54) is 0 Å². The summed E-state index contributed by atoms with van der Waals surface area (Å²) in [5.41, 5.74) is 1.06. The molecule has 8 nitrogen and oxygen atoms in total. The number of methoxy groups -OCH3 is 1. The third-order valence-corrected chi connectivity index (χ3v) is 4.76. The van der Waals surface area contributed by atoms with Crippen LogP contribution in [-0.4, -0.2) is 54.1 Å². The molecule has 3 aromatic rings. The average molecular weight is 390 g/mol. The highest BCUT2D eigenvalue weighted by Gasteiger charge is 2.20. The molecule has 0 bridgehead atoms. The lowest BCUT2D eigenvalue weighted by Crippen LogP contribution is -2.47. The molecule has 0 atom stereocenters. The number of nitrogens with one attached hydrogen (secondary N) is 1. The Balaban J connectivity index is 1.36. The van der Waals surface area contributed by atoms with E-state index in [0.717, 1.165) is 32.0 Å². The Labute approximate surface area is 169 Å². The molecule has 29 heavy (non-hydrogen) atoms. The van der Waals surface area contributed by atoms with Gasteiger partial charge in [-0.2, -0.15) is 0 Å². The SMILES string of the molecule is COc1cccc(NC(=O)c2cnc(N3CCN(c4ccccn4)CC3)nc2)c1. The van der Waals surface area contributed by atoms with E-state index in [2.05, 4.69) is 30.1 Å². The van der Waals surface area contributed by atoms with Gasteiger partial charge in [0, 0.05) is 56.5 Å². The van der Waals surface area contributed by atoms with E-state index >= 15 is 0 Å². The molecule has 1 fully saturated rings. The van der Waals surface area contributed by atoms with Gasteiger partial charge in [-0.3, -0.25) is 4.79 Å². The summed E-state index contributed by atoms with van der Waals surface area (Å²) >= 11 is 0. The van der Waals surface area contributed by atoms with Crippen molar-refractivity contribution in [3.63, 3.8) is 0 Å². The van der Waals surface area contributed by atoms with Crippen LogP contribution in [0.15, 0.2) is 61.1 Å². The highest BCUT2D eigenvalue weighted by molar-refractivity contribution is 6.04. The number of piperazine rings is 1. The molecule has 148 valence electrons. The quantitative estimate of drug-likeness (QED) is 0.716. The minimum absolute atomic E-state index is 0.259. The molecule has 0 spiro atoms. The molecular formula is C21H22N6O2. The summed E-state index contributed by atoms with van der Waals surface area (Å²) in [6.45, 7) is 3.29. The summed E-state index contributed by atoms with van der Waals surface area (Å²) in [5.74, 6) is 2.03. The molecule has 1 amide bonds. The summed E-state index contributed by atoms with van der Waals surface area (Å²) < 4.78 is 5.17. The molecule has 1 N–H and O–H groups in total. The van der Waals surface area contributed by atoms with Crippen LogP contribution < -0.4 is 19.9 Å². The maximum absolute atomic E-state index is 12.4. The molecule has 0 unspecified atom stereocenters. The number of nitrogens with zero attached hydrogens (tertiary/aromatic N) is 5. The van der Waals surface area contributed by atoms with E-state index in [1.807, 2.05) is 30.3 Å². The van der Waals surface area contributed by atoms with Gasteiger partial charge in [0.15, 0.2) is 0 Å². The molecule has 0 aliphatic carbocycles. The lowest BCUT2D eigenvalue weighted by molar-refractivity contribution is 0.102. The zero-order valence-corrected chi connectivity index (χ0v) is 16.2. The van der Waals surface area contributed by atoms with Crippen molar-refractivity contribution in [2.45, 2.75) is 0 Å². The molecule has 0 saturated carbocycles. The first-order valence-electron chi connectivity index (χ1n) is 9.41. The zero-order chi connectivity index (χ0) is 20.1. The van der Waals surface area contributed by atoms with Crippen molar-refractivity contribution in [3.05, 3.63) is 66.6 Å². The van der Waals surface area contributed by atoms with Crippen molar-refractivity contribution >= 4 is 23.4 Å². The van der Waals surface area contributed by atoms with E-state index in [1.54, 1.807) is 37.8 Å². The molecule has 1 saturated heterocycles. The standard InChI is InChI=1S/C21H22N6O2/c1-29-18-6-4-5-17(13-18)25-20(28)16-14-23-21(24-15-16)27-11-9-26(10-12-27)19-7-2-3-8-22-19/h2-8,13-15H,9-12H2,1H3,(H,25,28). The Morgan fingerprint density at radius 2 is 1.72 bits per heavy atom. The number of pyridine rings is 1. The van der Waals surface area contributed by atoms with Crippen LogP contribution in [0.25, 0.3) is 0 Å². The normalized spacial score (nSPS) is 13.8. The van der Waals surface area contributed by atoms with Crippen LogP contribution in [0.1, 0.15) is 10.4 Å². The van der Waals surface area contributed by atoms with Crippen molar-refractivity contribution in [1.82, 2.24) is 15.0 Å². The fraction of sp³-hybridized carbons (Fsp3) is 0.238. The number of hydrogen-bond donors (Lipinski definition) is 1. The first kappa shape index (κ1) is 18.7. The third-order valence-electron chi connectivity index (χ3n) is 4.76. The second kappa shape index (κ2) is 8.55. The van der Waals surface area contributed by atoms with Crippen molar-refractivity contribution in [3.8, 4) is 5.75 Å². The number of anilines is 3. The molecule has 1 aliphatic heterocycles. The van der Waals surface area contributed by atoms with Gasteiger partial charge >= 0.3 is 0 Å². The topological polar surface area (TPSA) is 83.5 Å². The van der Waals surface area contributed by atoms with Gasteiger partial charge < -0.3 is 19.9 Å². The molecule has 2 aromatic heterocycles. The van der Waals surface area contributed by atoms with E-state index < -0.39 is 0 Å². The lowest BCUT2D eigenvalue weighted by Gasteiger charge is -2.35. The lowest BCUT2D eigenvalue weighted by atomic mass is 10.2. The van der Waals surface area contributed by atoms with Crippen LogP contribution >= 0.6 is 0 Å². The van der Waals surface area contributed by atoms with Crippen molar-refractivity contribution in [1.29, 1.82) is 0 Å². The van der Waals surface area contributed by atoms with Crippen LogP contribution in [0.4, 0.5) is 17.5 Å². The smallest absolute Gasteiger partial charge is 0.258 e. The number of ether oxygens (including phenoxy) is 1. The number of benzene rings is 1. The van der Waals surface area contributed by atoms with Gasteiger partial charge in [-0.25, -0.2) is 15.0 Å². The van der Waals surface area contributed by atoms with Crippen LogP contribution in [0, 0.1) is 0 Å². The van der Waals surface area contributed by atoms with Crippen LogP contribution in [0.2, 0.25) is 0 Å². The van der Waals surface area contributed by atoms with Crippen LogP contribution in [0.5, 0.6) is 5.75 Å². The minimum Gasteiger partial charge on any atom is -0.497 e. The molecule has 0 radical (unpaired) electrons. The van der Waals surface area contributed by atoms with Gasteiger partial charge in [-0.1, -0.05) is 12.1 Å². The van der Waals surface area contributed by atoms with Crippen molar-refractivity contribution in [2.75, 3.05) is 48.4 Å². The molecule has 4 rings (SSSR count). The first-order chi connectivity index (χ1) is 14.2. The molecular weight excluding hydrogens is 368 g/mol. The Kier molecular flexibility index (Phi) is 5.51. The number of amides is 1. The predicted molar refractivity (Wildman–Crippen MR) is 112 cm³/mol. The Hall–Kier alpha value is -3.68. The predicted octanol–water partition coefficient (Wildman–Crippen LogP) is 2.46. The zero-order valence-electron chi connectivity index (χ0n) is 16.2. The number of rotatable bonds is 5. The largest absolute Gasteiger partial charge is 0.497 e. The first-order valence-corrected chi connectivity index (χ1v) is 9.41. The second-order valence-electron chi connectivity index (χ2n) is 6.62. The number of carbonyl (C=O) groups excluding carboxylic acids is 1. The number of aromatic nitrogens is 3. The highest BCUT2D eigenvalue weighted by atomic mass is 16.5. The highest BCUT2D eigenvalue weighted by Crippen LogP contribution is 2.18. The van der Waals surface area contributed by atoms with Gasteiger partial charge in [0.2, 0.25) is 5.95 Å². The number of carbonyl (C=O) groups is 1. The van der Waals surface area contributed by atoms with Crippen molar-refractivity contribution < 1.29 is 9.53 Å². The summed E-state index contributed by atoms with van der Waals surface area (Å²) in [6.07, 6.45) is 4.92. The summed E-state index contributed by atoms with van der Waals surface area (Å²) in [4.78, 5) is 30.0. The van der Waals surface area contributed by atoms with Gasteiger partial charge in [0.25, 0.3) is 5.91 Å². The Bertz CT molecular complexity index is 956. The van der Waals surface area contributed by atoms with Crippen molar-refractivity contribution in [2.24, 2.45) is 0 Å². The maximum atomic E-state index is 12.4. The second-order valence-corrected chi connectivity index (χ2v) is 6.62. The van der Waals surface area contributed by atoms with E-state index in [4.69, 9.17) is 4.74 Å². The average Bonchev–Trinajstić information content (AvgIpc) is 2.80. The minimum atomic E-state index is -0.259. The van der Waals surface area contributed by atoms with Gasteiger partial charge in [0.05, 0.1) is 12.7 Å². The molecule has 8 heteroatoms. The fourth-order valence-electron chi connectivity index (χ4n) is 3.18. The third kappa shape index (κ3) is 4.43. The fourth-order valence-corrected chi connectivity index (χ4v) is 3.18. The molecule has 1 aromatic carbocycles. The van der Waals surface area contributed by atoms with Gasteiger partial charge in [-0.05, 0) is 24.3 Å². The van der Waals surface area contributed by atoms with Gasteiger partial charge in [0.1, 0.15) is 11.6 Å². The monoisotopic (exact) mass is 390 g/mol. The molecule has 3 heterocycles. The summed E-state index contributed by atoms with van der Waals surface area (Å²) in [5, 5.41) is 2.83. The van der Waals surface area contributed by atoms with Crippen LogP contribution in [0.3, 0.4) is 0 Å². The summed E-state index contributed by atoms with van der Waals surface area (Å²) in [6, 6.07) is 13.1. The van der Waals surface area contributed by atoms with E-state index in [-0.39, 0.29) is 5.91 Å². The van der Waals surface area contributed by atoms with E-state index in [0.29, 0.717) is 22.9 Å². The number of hydrogen-bond acceptors (Lipinski definition) is 7. The molecule has 1 aliphatic rings. The Morgan fingerprint density at radius 3 is 2.41 bits per heavy atom. The van der Waals surface area contributed by atoms with Crippen LogP contribution in [-0.2, 0) is 0 Å². The maximum Gasteiger partial charge on any atom is 0.258 e. The Morgan fingerprint density at radius 1 is 0.966 bits per heavy atom. The summed E-state index contributed by atoms with van der Waals surface area (Å²) in [7, 11) is 1.59.